The van der Waals surface area contributed by atoms with Crippen molar-refractivity contribution >= 4 is 0 Å². The Balaban J connectivity index is 1.99. The van der Waals surface area contributed by atoms with E-state index in [1.165, 1.54) is 11.4 Å². The van der Waals surface area contributed by atoms with Crippen molar-refractivity contribution in [1.29, 1.82) is 0 Å². The molecule has 2 heterocycles. The highest BCUT2D eigenvalue weighted by atomic mass is 15.1. The highest BCUT2D eigenvalue weighted by molar-refractivity contribution is 5.58. The van der Waals surface area contributed by atoms with Gasteiger partial charge in [0.1, 0.15) is 5.82 Å². The number of nitrogens with two attached hydrogens (primary N) is 1. The predicted molar refractivity (Wildman–Crippen MR) is 64.0 cm³/mol. The van der Waals surface area contributed by atoms with Gasteiger partial charge in [0, 0.05) is 30.8 Å². The first-order valence-electron chi connectivity index (χ1n) is 5.70. The molecule has 0 saturated heterocycles. The van der Waals surface area contributed by atoms with Crippen molar-refractivity contribution in [3.63, 3.8) is 0 Å². The van der Waals surface area contributed by atoms with E-state index in [4.69, 9.17) is 5.73 Å². The number of fused-ring (bicyclic) bond motifs is 1. The van der Waals surface area contributed by atoms with Gasteiger partial charge in [-0.1, -0.05) is 30.3 Å². The van der Waals surface area contributed by atoms with Gasteiger partial charge in [-0.2, -0.15) is 0 Å². The van der Waals surface area contributed by atoms with Crippen molar-refractivity contribution < 1.29 is 0 Å². The molecule has 1 aromatic heterocycles. The maximum absolute atomic E-state index is 5.95. The summed E-state index contributed by atoms with van der Waals surface area (Å²) in [7, 11) is 0. The Bertz CT molecular complexity index is 487. The highest BCUT2D eigenvalue weighted by Gasteiger charge is 2.17. The van der Waals surface area contributed by atoms with Crippen molar-refractivity contribution in [2.24, 2.45) is 5.73 Å². The maximum Gasteiger partial charge on any atom is 0.109 e. The Kier molecular flexibility index (Phi) is 2.26. The third-order valence-electron chi connectivity index (χ3n) is 3.10. The summed E-state index contributed by atoms with van der Waals surface area (Å²) in [5, 5.41) is 0. The molecule has 2 N–H and O–H groups in total. The van der Waals surface area contributed by atoms with Crippen molar-refractivity contribution in [2.75, 3.05) is 0 Å². The first kappa shape index (κ1) is 9.60. The van der Waals surface area contributed by atoms with Crippen LogP contribution in [0.25, 0.3) is 11.3 Å². The second-order valence-corrected chi connectivity index (χ2v) is 4.36. The average Bonchev–Trinajstić information content (AvgIpc) is 2.73. The van der Waals surface area contributed by atoms with Gasteiger partial charge < -0.3 is 10.3 Å². The molecule has 3 rings (SSSR count). The Morgan fingerprint density at radius 1 is 1.25 bits per heavy atom. The summed E-state index contributed by atoms with van der Waals surface area (Å²) >= 11 is 0. The van der Waals surface area contributed by atoms with Crippen LogP contribution >= 0.6 is 0 Å². The molecule has 1 aliphatic rings. The number of aryl methyl sites for hydroxylation is 1. The lowest BCUT2D eigenvalue weighted by Crippen LogP contribution is -2.31. The molecule has 3 heteroatoms. The molecule has 0 amide bonds. The van der Waals surface area contributed by atoms with Gasteiger partial charge in [-0.05, 0) is 6.42 Å². The van der Waals surface area contributed by atoms with Crippen LogP contribution in [0, 0.1) is 0 Å². The maximum atomic E-state index is 5.95. The summed E-state index contributed by atoms with van der Waals surface area (Å²) in [6.45, 7) is 0.898. The molecular weight excluding hydrogens is 198 g/mol. The molecule has 3 nitrogen and oxygen atoms in total. The lowest BCUT2D eigenvalue weighted by atomic mass is 10.1. The quantitative estimate of drug-likeness (QED) is 0.785. The fourth-order valence-electron chi connectivity index (χ4n) is 2.22. The lowest BCUT2D eigenvalue weighted by molar-refractivity contribution is 0.453. The van der Waals surface area contributed by atoms with Crippen molar-refractivity contribution in [1.82, 2.24) is 9.55 Å². The number of nitrogens with zero attached hydrogens (tertiary/aromatic N) is 2. The second-order valence-electron chi connectivity index (χ2n) is 4.36. The van der Waals surface area contributed by atoms with Crippen molar-refractivity contribution in [2.45, 2.75) is 25.4 Å². The zero-order chi connectivity index (χ0) is 11.0. The highest BCUT2D eigenvalue weighted by Crippen LogP contribution is 2.21. The first-order chi connectivity index (χ1) is 7.83. The molecule has 1 aromatic carbocycles. The number of imidazole rings is 1. The van der Waals surface area contributed by atoms with Crippen LogP contribution in [-0.2, 0) is 13.0 Å². The summed E-state index contributed by atoms with van der Waals surface area (Å²) in [4.78, 5) is 4.66. The van der Waals surface area contributed by atoms with E-state index in [2.05, 4.69) is 27.9 Å². The molecule has 16 heavy (non-hydrogen) atoms. The van der Waals surface area contributed by atoms with Gasteiger partial charge in [-0.15, -0.1) is 0 Å². The predicted octanol–water partition coefficient (Wildman–Crippen LogP) is 1.82. The number of benzene rings is 1. The minimum absolute atomic E-state index is 0.283. The summed E-state index contributed by atoms with van der Waals surface area (Å²) in [5.41, 5.74) is 8.19. The number of aromatic nitrogens is 2. The summed E-state index contributed by atoms with van der Waals surface area (Å²) in [6.07, 6.45) is 4.16. The van der Waals surface area contributed by atoms with Crippen LogP contribution in [0.4, 0.5) is 0 Å². The van der Waals surface area contributed by atoms with Gasteiger partial charge in [-0.3, -0.25) is 0 Å². The van der Waals surface area contributed by atoms with Crippen LogP contribution in [0.15, 0.2) is 36.5 Å². The Hall–Kier alpha value is -1.61. The topological polar surface area (TPSA) is 43.8 Å². The van der Waals surface area contributed by atoms with Gasteiger partial charge in [0.25, 0.3) is 0 Å². The monoisotopic (exact) mass is 213 g/mol. The Morgan fingerprint density at radius 2 is 2.06 bits per heavy atom. The second kappa shape index (κ2) is 3.76. The number of hydrogen-bond acceptors (Lipinski definition) is 2. The van der Waals surface area contributed by atoms with Crippen molar-refractivity contribution in [3.05, 3.63) is 42.4 Å². The molecule has 1 unspecified atom stereocenters. The first-order valence-corrected chi connectivity index (χ1v) is 5.70. The average molecular weight is 213 g/mol. The molecule has 82 valence electrons. The third kappa shape index (κ3) is 1.63. The molecule has 0 fully saturated rings. The fourth-order valence-corrected chi connectivity index (χ4v) is 2.22. The molecule has 0 aliphatic carbocycles. The van der Waals surface area contributed by atoms with Gasteiger partial charge >= 0.3 is 0 Å². The van der Waals surface area contributed by atoms with E-state index >= 15 is 0 Å². The van der Waals surface area contributed by atoms with Gasteiger partial charge in [-0.25, -0.2) is 4.98 Å². The minimum Gasteiger partial charge on any atom is -0.333 e. The summed E-state index contributed by atoms with van der Waals surface area (Å²) < 4.78 is 2.19. The summed E-state index contributed by atoms with van der Waals surface area (Å²) in [5.74, 6) is 1.17. The molecule has 0 spiro atoms. The number of rotatable bonds is 1. The smallest absolute Gasteiger partial charge is 0.109 e. The SMILES string of the molecule is NC1CCc2nc(-c3ccccc3)cn2C1. The zero-order valence-electron chi connectivity index (χ0n) is 9.13. The Labute approximate surface area is 94.9 Å². The van der Waals surface area contributed by atoms with Gasteiger partial charge in [0.2, 0.25) is 0 Å². The molecule has 0 bridgehead atoms. The van der Waals surface area contributed by atoms with E-state index in [1.807, 2.05) is 18.2 Å². The summed E-state index contributed by atoms with van der Waals surface area (Å²) in [6, 6.07) is 10.6. The van der Waals surface area contributed by atoms with E-state index in [-0.39, 0.29) is 6.04 Å². The van der Waals surface area contributed by atoms with E-state index < -0.39 is 0 Å². The standard InChI is InChI=1S/C13H15N3/c14-11-6-7-13-15-12(9-16(13)8-11)10-4-2-1-3-5-10/h1-5,9,11H,6-8,14H2. The van der Waals surface area contributed by atoms with E-state index in [0.717, 1.165) is 25.1 Å². The molecular formula is C13H15N3. The molecule has 1 aliphatic heterocycles. The number of hydrogen-bond donors (Lipinski definition) is 1. The molecule has 1 atom stereocenters. The van der Waals surface area contributed by atoms with Crippen LogP contribution in [0.2, 0.25) is 0 Å². The molecule has 0 radical (unpaired) electrons. The van der Waals surface area contributed by atoms with Crippen LogP contribution in [0.3, 0.4) is 0 Å². The minimum atomic E-state index is 0.283. The Morgan fingerprint density at radius 3 is 2.88 bits per heavy atom. The van der Waals surface area contributed by atoms with Crippen LogP contribution in [0.5, 0.6) is 0 Å². The molecule has 2 aromatic rings. The van der Waals surface area contributed by atoms with E-state index in [9.17, 15) is 0 Å². The lowest BCUT2D eigenvalue weighted by Gasteiger charge is -2.19. The van der Waals surface area contributed by atoms with Gasteiger partial charge in [0.05, 0.1) is 5.69 Å². The van der Waals surface area contributed by atoms with Crippen LogP contribution in [-0.4, -0.2) is 15.6 Å². The largest absolute Gasteiger partial charge is 0.333 e. The van der Waals surface area contributed by atoms with E-state index in [0.29, 0.717) is 0 Å². The third-order valence-corrected chi connectivity index (χ3v) is 3.10. The van der Waals surface area contributed by atoms with Crippen LogP contribution < -0.4 is 5.73 Å². The normalized spacial score (nSPS) is 19.4. The molecule has 0 saturated carbocycles. The van der Waals surface area contributed by atoms with Crippen molar-refractivity contribution in [3.8, 4) is 11.3 Å². The zero-order valence-corrected chi connectivity index (χ0v) is 9.13. The fraction of sp³-hybridized carbons (Fsp3) is 0.308. The van der Waals surface area contributed by atoms with E-state index in [1.54, 1.807) is 0 Å². The van der Waals surface area contributed by atoms with Gasteiger partial charge in [0.15, 0.2) is 0 Å². The van der Waals surface area contributed by atoms with Crippen LogP contribution in [0.1, 0.15) is 12.2 Å².